The molecule has 0 saturated carbocycles. The van der Waals surface area contributed by atoms with E-state index < -0.39 is 6.29 Å². The van der Waals surface area contributed by atoms with Crippen molar-refractivity contribution in [2.24, 2.45) is 0 Å². The molecule has 0 aliphatic heterocycles. The van der Waals surface area contributed by atoms with Crippen molar-refractivity contribution in [1.82, 2.24) is 0 Å². The van der Waals surface area contributed by atoms with Gasteiger partial charge in [0.1, 0.15) is 0 Å². The number of hydrogen-bond donors (Lipinski definition) is 0. The molecule has 0 radical (unpaired) electrons. The van der Waals surface area contributed by atoms with Crippen LogP contribution in [0.3, 0.4) is 0 Å². The Morgan fingerprint density at radius 1 is 1.44 bits per heavy atom. The minimum atomic E-state index is -0.428. The van der Waals surface area contributed by atoms with Crippen LogP contribution >= 0.6 is 0 Å². The van der Waals surface area contributed by atoms with Gasteiger partial charge in [0.05, 0.1) is 0 Å². The van der Waals surface area contributed by atoms with E-state index in [2.05, 4.69) is 17.5 Å². The van der Waals surface area contributed by atoms with E-state index in [4.69, 9.17) is 0 Å². The molecule has 0 aromatic rings. The maximum absolute atomic E-state index is 4.62. The second-order valence-electron chi connectivity index (χ2n) is 1.28. The summed E-state index contributed by atoms with van der Waals surface area (Å²) in [5, 5.41) is 0. The normalized spacial score (nSPS) is 13.8. The monoisotopic (exact) mass is 323 g/mol. The molecule has 0 rings (SSSR count). The minimum absolute atomic E-state index is 0.189. The summed E-state index contributed by atoms with van der Waals surface area (Å²) in [4.78, 5) is 13.8. The van der Waals surface area contributed by atoms with Gasteiger partial charge in [-0.25, -0.2) is 0 Å². The van der Waals surface area contributed by atoms with E-state index in [0.717, 1.165) is 0 Å². The second kappa shape index (κ2) is 6.89. The molecule has 4 nitrogen and oxygen atoms in total. The molecule has 0 heterocycles. The van der Waals surface area contributed by atoms with Gasteiger partial charge in [-0.3, -0.25) is 0 Å². The molecule has 0 aromatic heterocycles. The zero-order valence-corrected chi connectivity index (χ0v) is 11.1. The van der Waals surface area contributed by atoms with Crippen molar-refractivity contribution >= 4 is 0 Å². The summed E-state index contributed by atoms with van der Waals surface area (Å²) in [6.07, 6.45) is -0.428. The van der Waals surface area contributed by atoms with Gasteiger partial charge < -0.3 is 0 Å². The van der Waals surface area contributed by atoms with Gasteiger partial charge in [-0.05, 0) is 0 Å². The van der Waals surface area contributed by atoms with Crippen LogP contribution in [0, 0.1) is 0 Å². The van der Waals surface area contributed by atoms with Crippen LogP contribution in [-0.4, -0.2) is 12.9 Å². The molecule has 0 fully saturated rings. The summed E-state index contributed by atoms with van der Waals surface area (Å²) >= 11 is 0.189. The molecule has 51 valence electrons. The fraction of sp³-hybridized carbons (Fsp3) is 1.00. The summed E-state index contributed by atoms with van der Waals surface area (Å²) in [6.45, 7) is 4.04. The third kappa shape index (κ3) is 6.66. The van der Waals surface area contributed by atoms with Crippen LogP contribution in [0.15, 0.2) is 0 Å². The van der Waals surface area contributed by atoms with Crippen LogP contribution in [0.25, 0.3) is 0 Å². The third-order valence-corrected chi connectivity index (χ3v) is 1.05. The van der Waals surface area contributed by atoms with Gasteiger partial charge in [-0.1, -0.05) is 0 Å². The van der Waals surface area contributed by atoms with Gasteiger partial charge in [0.2, 0.25) is 0 Å². The van der Waals surface area contributed by atoms with Crippen LogP contribution in [-0.2, 0) is 44.0 Å². The first-order valence-corrected chi connectivity index (χ1v) is 4.91. The first kappa shape index (κ1) is 9.78. The first-order chi connectivity index (χ1) is 4.31. The average molecular weight is 322 g/mol. The summed E-state index contributed by atoms with van der Waals surface area (Å²) in [5.74, 6) is 0. The maximum atomic E-state index is 4.62. The molecule has 0 spiro atoms. The van der Waals surface area contributed by atoms with Crippen molar-refractivity contribution in [3.63, 3.8) is 0 Å². The predicted octanol–water partition coefficient (Wildman–Crippen LogP) is 0.710. The van der Waals surface area contributed by atoms with Gasteiger partial charge in [0.25, 0.3) is 0 Å². The van der Waals surface area contributed by atoms with E-state index in [1.165, 1.54) is 0 Å². The molecular formula is C4H9HgO4. The Balaban J connectivity index is 2.95. The summed E-state index contributed by atoms with van der Waals surface area (Å²) in [7, 11) is 0. The van der Waals surface area contributed by atoms with Crippen molar-refractivity contribution < 1.29 is 44.0 Å². The Morgan fingerprint density at radius 2 is 2.11 bits per heavy atom. The zero-order valence-electron chi connectivity index (χ0n) is 5.62. The molecule has 0 N–H and O–H groups in total. The molecular weight excluding hydrogens is 313 g/mol. The molecule has 0 aliphatic rings. The van der Waals surface area contributed by atoms with Gasteiger partial charge in [0.15, 0.2) is 0 Å². The summed E-state index contributed by atoms with van der Waals surface area (Å²) < 4.78 is 4.49. The van der Waals surface area contributed by atoms with Crippen LogP contribution < -0.4 is 0 Å². The Morgan fingerprint density at radius 3 is 2.56 bits per heavy atom. The van der Waals surface area contributed by atoms with E-state index in [-0.39, 0.29) is 26.6 Å². The van der Waals surface area contributed by atoms with Gasteiger partial charge >= 0.3 is 70.8 Å². The molecule has 0 amide bonds. The Bertz CT molecular complexity index is 60.5. The zero-order chi connectivity index (χ0) is 7.11. The van der Waals surface area contributed by atoms with E-state index >= 15 is 0 Å². The van der Waals surface area contributed by atoms with Gasteiger partial charge in [-0.15, -0.1) is 0 Å². The van der Waals surface area contributed by atoms with Crippen LogP contribution in [0.2, 0.25) is 0 Å². The van der Waals surface area contributed by atoms with Crippen LogP contribution in [0.1, 0.15) is 13.8 Å². The third-order valence-electron chi connectivity index (χ3n) is 0.525. The Kier molecular flexibility index (Phi) is 7.48. The van der Waals surface area contributed by atoms with Gasteiger partial charge in [-0.2, -0.15) is 0 Å². The van der Waals surface area contributed by atoms with E-state index in [1.54, 1.807) is 6.92 Å². The second-order valence-corrected chi connectivity index (χ2v) is 2.20. The first-order valence-electron chi connectivity index (χ1n) is 2.67. The van der Waals surface area contributed by atoms with E-state index in [0.29, 0.717) is 6.61 Å². The van der Waals surface area contributed by atoms with Crippen molar-refractivity contribution in [3.05, 3.63) is 0 Å². The molecule has 0 saturated heterocycles. The van der Waals surface area contributed by atoms with Gasteiger partial charge in [0, 0.05) is 0 Å². The fourth-order valence-electron chi connectivity index (χ4n) is 0.276. The standard InChI is InChI=1S/C4H10O4.Hg/c1-3-6-8-4(2)7-5;/h4-5H,3H2,1-2H3;/q;+1/p-1. The topological polar surface area (TPSA) is 36.9 Å². The molecule has 0 aliphatic carbocycles. The van der Waals surface area contributed by atoms with Crippen LogP contribution in [0.4, 0.5) is 0 Å². The number of rotatable bonds is 5. The SMILES string of the molecule is CCOOC(C)O[O][Hg]. The molecule has 1 unspecified atom stereocenters. The van der Waals surface area contributed by atoms with Crippen molar-refractivity contribution in [3.8, 4) is 0 Å². The summed E-state index contributed by atoms with van der Waals surface area (Å²) in [6, 6.07) is 0. The Hall–Kier alpha value is 0.775. The average Bonchev–Trinajstić information content (AvgIpc) is 1.85. The quantitative estimate of drug-likeness (QED) is 0.323. The Labute approximate surface area is 70.9 Å². The molecule has 9 heavy (non-hydrogen) atoms. The molecule has 0 aromatic carbocycles. The number of hydrogen-bond acceptors (Lipinski definition) is 4. The van der Waals surface area contributed by atoms with Crippen molar-refractivity contribution in [2.75, 3.05) is 6.61 Å². The molecule has 5 heteroatoms. The van der Waals surface area contributed by atoms with E-state index in [1.807, 2.05) is 6.92 Å². The van der Waals surface area contributed by atoms with Crippen molar-refractivity contribution in [1.29, 1.82) is 0 Å². The van der Waals surface area contributed by atoms with E-state index in [9.17, 15) is 0 Å². The summed E-state index contributed by atoms with van der Waals surface area (Å²) in [5.41, 5.74) is 0. The molecule has 0 bridgehead atoms. The predicted molar refractivity (Wildman–Crippen MR) is 24.3 cm³/mol. The fourth-order valence-corrected chi connectivity index (χ4v) is 1.02. The van der Waals surface area contributed by atoms with Crippen molar-refractivity contribution in [2.45, 2.75) is 20.1 Å². The van der Waals surface area contributed by atoms with Crippen LogP contribution in [0.5, 0.6) is 0 Å². The molecule has 1 atom stereocenters.